The van der Waals surface area contributed by atoms with Gasteiger partial charge in [0.25, 0.3) is 0 Å². The minimum Gasteiger partial charge on any atom is -0.449 e. The molecule has 0 aromatic heterocycles. The molecular weight excluding hydrogens is 452 g/mol. The molecule has 1 heterocycles. The Bertz CT molecular complexity index is 1200. The van der Waals surface area contributed by atoms with Crippen molar-refractivity contribution in [1.82, 2.24) is 5.32 Å². The molecule has 0 radical (unpaired) electrons. The van der Waals surface area contributed by atoms with Gasteiger partial charge in [-0.3, -0.25) is 4.99 Å². The molecule has 3 aliphatic rings. The summed E-state index contributed by atoms with van der Waals surface area (Å²) in [5, 5.41) is 4.79. The van der Waals surface area contributed by atoms with Gasteiger partial charge in [-0.05, 0) is 47.1 Å². The fraction of sp³-hybridized carbons (Fsp3) is 0.333. The van der Waals surface area contributed by atoms with Gasteiger partial charge in [-0.15, -0.1) is 11.8 Å². The number of nitrogens with zero attached hydrogens (tertiary/aromatic N) is 1. The molecule has 4 nitrogen and oxygen atoms in total. The maximum absolute atomic E-state index is 13.1. The van der Waals surface area contributed by atoms with Gasteiger partial charge in [-0.25, -0.2) is 4.79 Å². The van der Waals surface area contributed by atoms with E-state index in [-0.39, 0.29) is 18.1 Å². The molecule has 0 unspecified atom stereocenters. The zero-order valence-corrected chi connectivity index (χ0v) is 20.5. The second kappa shape index (κ2) is 9.90. The van der Waals surface area contributed by atoms with Crippen LogP contribution >= 0.6 is 11.8 Å². The molecule has 0 bridgehead atoms. The maximum atomic E-state index is 13.1. The number of hydrogen-bond acceptors (Lipinski definition) is 4. The van der Waals surface area contributed by atoms with Crippen LogP contribution in [0.3, 0.4) is 0 Å². The summed E-state index contributed by atoms with van der Waals surface area (Å²) in [5.74, 6) is 0.0572. The van der Waals surface area contributed by atoms with Gasteiger partial charge in [-0.1, -0.05) is 91.7 Å². The van der Waals surface area contributed by atoms with E-state index in [2.05, 4.69) is 66.0 Å². The Morgan fingerprint density at radius 3 is 2.29 bits per heavy atom. The van der Waals surface area contributed by atoms with Crippen LogP contribution < -0.4 is 5.32 Å². The van der Waals surface area contributed by atoms with Crippen LogP contribution in [-0.4, -0.2) is 35.1 Å². The van der Waals surface area contributed by atoms with E-state index in [0.717, 1.165) is 17.9 Å². The quantitative estimate of drug-likeness (QED) is 0.431. The van der Waals surface area contributed by atoms with E-state index in [1.165, 1.54) is 47.1 Å². The Labute approximate surface area is 211 Å². The average molecular weight is 483 g/mol. The Morgan fingerprint density at radius 1 is 0.914 bits per heavy atom. The SMILES string of the molecule is O=C(N[C@@H](Cc1ccccc1)C1=N[C@@H]2CCCC[C@@H]2S1)OCC1c2ccccc2-c2ccccc21. The Hall–Kier alpha value is -3.05. The summed E-state index contributed by atoms with van der Waals surface area (Å²) in [7, 11) is 0. The molecule has 1 N–H and O–H groups in total. The number of rotatable bonds is 6. The van der Waals surface area contributed by atoms with E-state index in [9.17, 15) is 4.79 Å². The summed E-state index contributed by atoms with van der Waals surface area (Å²) >= 11 is 1.87. The number of aliphatic imine (C=N–C) groups is 1. The number of benzene rings is 3. The fourth-order valence-electron chi connectivity index (χ4n) is 5.72. The van der Waals surface area contributed by atoms with Crippen molar-refractivity contribution in [3.8, 4) is 11.1 Å². The smallest absolute Gasteiger partial charge is 0.407 e. The number of thioether (sulfide) groups is 1. The molecule has 1 aliphatic heterocycles. The molecule has 1 amide bonds. The zero-order valence-electron chi connectivity index (χ0n) is 19.7. The minimum atomic E-state index is -0.369. The molecule has 5 heteroatoms. The van der Waals surface area contributed by atoms with Crippen molar-refractivity contribution in [2.75, 3.05) is 6.61 Å². The third kappa shape index (κ3) is 4.62. The van der Waals surface area contributed by atoms with Crippen molar-refractivity contribution < 1.29 is 9.53 Å². The molecule has 6 rings (SSSR count). The lowest BCUT2D eigenvalue weighted by Crippen LogP contribution is -2.41. The van der Waals surface area contributed by atoms with Crippen molar-refractivity contribution in [3.05, 3.63) is 95.6 Å². The highest BCUT2D eigenvalue weighted by Gasteiger charge is 2.36. The molecule has 35 heavy (non-hydrogen) atoms. The van der Waals surface area contributed by atoms with Crippen LogP contribution in [0, 0.1) is 0 Å². The van der Waals surface area contributed by atoms with Crippen LogP contribution in [0.15, 0.2) is 83.9 Å². The number of fused-ring (bicyclic) bond motifs is 4. The van der Waals surface area contributed by atoms with E-state index in [0.29, 0.717) is 17.9 Å². The highest BCUT2D eigenvalue weighted by molar-refractivity contribution is 8.14. The number of carbonyl (C=O) groups excluding carboxylic acids is 1. The molecule has 1 saturated carbocycles. The molecule has 178 valence electrons. The Balaban J connectivity index is 1.17. The first-order valence-electron chi connectivity index (χ1n) is 12.7. The molecule has 0 saturated heterocycles. The van der Waals surface area contributed by atoms with Crippen LogP contribution in [0.1, 0.15) is 48.3 Å². The van der Waals surface area contributed by atoms with Gasteiger partial charge < -0.3 is 10.1 Å². The number of alkyl carbamates (subject to hydrolysis) is 1. The first-order valence-corrected chi connectivity index (χ1v) is 13.5. The van der Waals surface area contributed by atoms with Gasteiger partial charge in [0.15, 0.2) is 0 Å². The predicted octanol–water partition coefficient (Wildman–Crippen LogP) is 6.59. The average Bonchev–Trinajstić information content (AvgIpc) is 3.47. The number of carbonyl (C=O) groups is 1. The third-order valence-corrected chi connectivity index (χ3v) is 8.93. The van der Waals surface area contributed by atoms with Gasteiger partial charge in [0.2, 0.25) is 0 Å². The van der Waals surface area contributed by atoms with Crippen molar-refractivity contribution in [1.29, 1.82) is 0 Å². The molecule has 0 spiro atoms. The summed E-state index contributed by atoms with van der Waals surface area (Å²) in [6, 6.07) is 27.4. The lowest BCUT2D eigenvalue weighted by atomic mass is 9.95. The molecule has 3 aromatic rings. The topological polar surface area (TPSA) is 50.7 Å². The van der Waals surface area contributed by atoms with Gasteiger partial charge in [0.1, 0.15) is 6.61 Å². The second-order valence-corrected chi connectivity index (χ2v) is 10.9. The lowest BCUT2D eigenvalue weighted by molar-refractivity contribution is 0.141. The third-order valence-electron chi connectivity index (χ3n) is 7.45. The summed E-state index contributed by atoms with van der Waals surface area (Å²) < 4.78 is 5.87. The van der Waals surface area contributed by atoms with Crippen LogP contribution in [-0.2, 0) is 11.2 Å². The fourth-order valence-corrected chi connectivity index (χ4v) is 7.17. The van der Waals surface area contributed by atoms with Gasteiger partial charge in [0.05, 0.1) is 17.1 Å². The molecule has 3 aromatic carbocycles. The number of hydrogen-bond donors (Lipinski definition) is 1. The number of ether oxygens (including phenoxy) is 1. The summed E-state index contributed by atoms with van der Waals surface area (Å²) in [5.41, 5.74) is 6.11. The van der Waals surface area contributed by atoms with E-state index < -0.39 is 0 Å². The van der Waals surface area contributed by atoms with E-state index in [4.69, 9.17) is 9.73 Å². The standard InChI is InChI=1S/C30H30N2O2S/c33-30(34-19-25-23-14-6-4-12-21(23)22-13-5-7-15-24(22)25)32-27(18-20-10-2-1-3-11-20)29-31-26-16-8-9-17-28(26)35-29/h1-7,10-15,25-28H,8-9,16-19H2,(H,32,33)/t26-,27+,28+/m1/s1. The normalized spacial score (nSPS) is 21.4. The number of amides is 1. The van der Waals surface area contributed by atoms with Crippen molar-refractivity contribution in [3.63, 3.8) is 0 Å². The van der Waals surface area contributed by atoms with Crippen LogP contribution in [0.25, 0.3) is 11.1 Å². The van der Waals surface area contributed by atoms with Crippen molar-refractivity contribution in [2.45, 2.75) is 55.4 Å². The summed E-state index contributed by atoms with van der Waals surface area (Å²) in [6.45, 7) is 0.322. The summed E-state index contributed by atoms with van der Waals surface area (Å²) in [6.07, 6.45) is 5.25. The van der Waals surface area contributed by atoms with E-state index in [1.54, 1.807) is 0 Å². The van der Waals surface area contributed by atoms with Crippen LogP contribution in [0.2, 0.25) is 0 Å². The van der Waals surface area contributed by atoms with Gasteiger partial charge in [-0.2, -0.15) is 0 Å². The van der Waals surface area contributed by atoms with E-state index in [1.807, 2.05) is 30.0 Å². The van der Waals surface area contributed by atoms with Crippen LogP contribution in [0.5, 0.6) is 0 Å². The first-order chi connectivity index (χ1) is 17.3. The van der Waals surface area contributed by atoms with Crippen LogP contribution in [0.4, 0.5) is 4.79 Å². The molecule has 3 atom stereocenters. The lowest BCUT2D eigenvalue weighted by Gasteiger charge is -2.22. The summed E-state index contributed by atoms with van der Waals surface area (Å²) in [4.78, 5) is 18.2. The highest BCUT2D eigenvalue weighted by atomic mass is 32.2. The second-order valence-electron chi connectivity index (χ2n) is 9.69. The molecular formula is C30H30N2O2S. The highest BCUT2D eigenvalue weighted by Crippen LogP contribution is 2.44. The monoisotopic (exact) mass is 482 g/mol. The number of nitrogens with one attached hydrogen (secondary N) is 1. The first kappa shape index (κ1) is 22.4. The predicted molar refractivity (Wildman–Crippen MR) is 143 cm³/mol. The maximum Gasteiger partial charge on any atom is 0.407 e. The van der Waals surface area contributed by atoms with Gasteiger partial charge >= 0.3 is 6.09 Å². The van der Waals surface area contributed by atoms with Crippen molar-refractivity contribution in [2.24, 2.45) is 4.99 Å². The molecule has 2 aliphatic carbocycles. The zero-order chi connectivity index (χ0) is 23.6. The Morgan fingerprint density at radius 2 is 1.57 bits per heavy atom. The Kier molecular flexibility index (Phi) is 6.34. The largest absolute Gasteiger partial charge is 0.449 e. The van der Waals surface area contributed by atoms with E-state index >= 15 is 0 Å². The van der Waals surface area contributed by atoms with Gasteiger partial charge in [0, 0.05) is 11.2 Å². The minimum absolute atomic E-state index is 0.0572. The molecule has 1 fully saturated rings. The van der Waals surface area contributed by atoms with Crippen molar-refractivity contribution >= 4 is 22.9 Å².